The lowest BCUT2D eigenvalue weighted by molar-refractivity contribution is 0.211. The molecule has 3 aromatic carbocycles. The Bertz CT molecular complexity index is 861. The second-order valence-electron chi connectivity index (χ2n) is 9.43. The third kappa shape index (κ3) is 4.88. The smallest absolute Gasteiger partial charge is 0.0463 e. The van der Waals surface area contributed by atoms with Gasteiger partial charge in [-0.05, 0) is 52.8 Å². The molecule has 0 fully saturated rings. The number of benzene rings is 3. The first-order valence-corrected chi connectivity index (χ1v) is 9.56. The molecular formula is C25H31N. The number of hydrogen-bond acceptors (Lipinski definition) is 1. The zero-order chi connectivity index (χ0) is 18.8. The fraction of sp³-hybridized carbons (Fsp3) is 0.360. The van der Waals surface area contributed by atoms with Gasteiger partial charge >= 0.3 is 0 Å². The average molecular weight is 346 g/mol. The maximum Gasteiger partial charge on any atom is 0.0463 e. The summed E-state index contributed by atoms with van der Waals surface area (Å²) in [6, 6.07) is 23.8. The molecule has 0 radical (unpaired) electrons. The van der Waals surface area contributed by atoms with Gasteiger partial charge in [0.1, 0.15) is 0 Å². The monoisotopic (exact) mass is 345 g/mol. The van der Waals surface area contributed by atoms with Gasteiger partial charge in [-0.1, -0.05) is 83.1 Å². The average Bonchev–Trinajstić information content (AvgIpc) is 2.54. The van der Waals surface area contributed by atoms with Crippen molar-refractivity contribution < 1.29 is 0 Å². The molecule has 1 N–H and O–H groups in total. The van der Waals surface area contributed by atoms with Gasteiger partial charge in [-0.15, -0.1) is 0 Å². The van der Waals surface area contributed by atoms with Gasteiger partial charge in [-0.25, -0.2) is 0 Å². The fourth-order valence-corrected chi connectivity index (χ4v) is 4.25. The van der Waals surface area contributed by atoms with Crippen LogP contribution >= 0.6 is 0 Å². The van der Waals surface area contributed by atoms with Crippen LogP contribution in [-0.2, 0) is 6.42 Å². The van der Waals surface area contributed by atoms with E-state index in [4.69, 9.17) is 0 Å². The highest BCUT2D eigenvalue weighted by atomic mass is 14.9. The summed E-state index contributed by atoms with van der Waals surface area (Å²) in [6.45, 7) is 11.7. The van der Waals surface area contributed by atoms with Crippen LogP contribution in [0.5, 0.6) is 0 Å². The van der Waals surface area contributed by atoms with Crippen LogP contribution in [0.3, 0.4) is 0 Å². The molecule has 0 aliphatic rings. The van der Waals surface area contributed by atoms with Crippen LogP contribution < -0.4 is 5.32 Å². The highest BCUT2D eigenvalue weighted by Crippen LogP contribution is 2.36. The third-order valence-corrected chi connectivity index (χ3v) is 4.71. The molecule has 0 spiro atoms. The first kappa shape index (κ1) is 18.5. The van der Waals surface area contributed by atoms with Crippen LogP contribution in [0.4, 0.5) is 11.4 Å². The lowest BCUT2D eigenvalue weighted by Gasteiger charge is -2.32. The lowest BCUT2D eigenvalue weighted by atomic mass is 9.73. The van der Waals surface area contributed by atoms with E-state index in [-0.39, 0.29) is 0 Å². The van der Waals surface area contributed by atoms with E-state index >= 15 is 0 Å². The summed E-state index contributed by atoms with van der Waals surface area (Å²) in [6.07, 6.45) is 2.33. The second kappa shape index (κ2) is 7.15. The van der Waals surface area contributed by atoms with E-state index < -0.39 is 0 Å². The topological polar surface area (TPSA) is 12.0 Å². The van der Waals surface area contributed by atoms with Gasteiger partial charge in [0, 0.05) is 16.8 Å². The first-order valence-electron chi connectivity index (χ1n) is 9.56. The number of rotatable bonds is 5. The maximum absolute atomic E-state index is 3.58. The van der Waals surface area contributed by atoms with Gasteiger partial charge < -0.3 is 5.32 Å². The quantitative estimate of drug-likeness (QED) is 0.502. The van der Waals surface area contributed by atoms with E-state index in [1.54, 1.807) is 0 Å². The van der Waals surface area contributed by atoms with Gasteiger partial charge in [0.05, 0.1) is 0 Å². The van der Waals surface area contributed by atoms with Gasteiger partial charge in [-0.2, -0.15) is 0 Å². The summed E-state index contributed by atoms with van der Waals surface area (Å²) < 4.78 is 0. The van der Waals surface area contributed by atoms with Crippen molar-refractivity contribution >= 4 is 22.1 Å². The maximum atomic E-state index is 3.58. The van der Waals surface area contributed by atoms with Crippen molar-refractivity contribution in [1.29, 1.82) is 0 Å². The largest absolute Gasteiger partial charge is 0.355 e. The Morgan fingerprint density at radius 1 is 0.731 bits per heavy atom. The van der Waals surface area contributed by atoms with Gasteiger partial charge in [0.15, 0.2) is 0 Å². The predicted molar refractivity (Wildman–Crippen MR) is 115 cm³/mol. The molecular weight excluding hydrogens is 314 g/mol. The molecule has 0 aliphatic carbocycles. The van der Waals surface area contributed by atoms with Crippen LogP contribution in [0.15, 0.2) is 66.7 Å². The van der Waals surface area contributed by atoms with Gasteiger partial charge in [0.2, 0.25) is 0 Å². The number of anilines is 2. The molecule has 3 rings (SSSR count). The Labute approximate surface area is 158 Å². The highest BCUT2D eigenvalue weighted by Gasteiger charge is 2.25. The van der Waals surface area contributed by atoms with Gasteiger partial charge in [-0.3, -0.25) is 0 Å². The van der Waals surface area contributed by atoms with Crippen molar-refractivity contribution in [2.24, 2.45) is 10.8 Å². The van der Waals surface area contributed by atoms with Crippen molar-refractivity contribution in [2.45, 2.75) is 47.5 Å². The molecule has 0 unspecified atom stereocenters. The molecule has 1 heteroatoms. The molecule has 0 bridgehead atoms. The normalized spacial score (nSPS) is 12.3. The van der Waals surface area contributed by atoms with Crippen molar-refractivity contribution in [3.05, 3.63) is 72.3 Å². The van der Waals surface area contributed by atoms with E-state index in [1.807, 2.05) is 0 Å². The van der Waals surface area contributed by atoms with Gasteiger partial charge in [0.25, 0.3) is 0 Å². The molecule has 3 aromatic rings. The van der Waals surface area contributed by atoms with E-state index in [2.05, 4.69) is 107 Å². The van der Waals surface area contributed by atoms with Crippen LogP contribution in [0.25, 0.3) is 10.8 Å². The Morgan fingerprint density at radius 3 is 2.08 bits per heavy atom. The zero-order valence-electron chi connectivity index (χ0n) is 16.8. The second-order valence-corrected chi connectivity index (χ2v) is 9.43. The van der Waals surface area contributed by atoms with E-state index in [0.29, 0.717) is 10.8 Å². The predicted octanol–water partition coefficient (Wildman–Crippen LogP) is 7.59. The third-order valence-electron chi connectivity index (χ3n) is 4.71. The Balaban J connectivity index is 1.74. The molecule has 0 aromatic heterocycles. The van der Waals surface area contributed by atoms with Crippen molar-refractivity contribution in [1.82, 2.24) is 0 Å². The molecule has 0 saturated carbocycles. The molecule has 0 amide bonds. The summed E-state index contributed by atoms with van der Waals surface area (Å²) >= 11 is 0. The molecule has 1 nitrogen and oxygen atoms in total. The minimum absolute atomic E-state index is 0.308. The molecule has 0 saturated heterocycles. The van der Waals surface area contributed by atoms with Crippen LogP contribution in [0.2, 0.25) is 0 Å². The number of fused-ring (bicyclic) bond motifs is 1. The van der Waals surface area contributed by atoms with Crippen molar-refractivity contribution in [3.63, 3.8) is 0 Å². The summed E-state index contributed by atoms with van der Waals surface area (Å²) in [7, 11) is 0. The van der Waals surface area contributed by atoms with Crippen LogP contribution in [0.1, 0.15) is 46.6 Å². The minimum Gasteiger partial charge on any atom is -0.355 e. The van der Waals surface area contributed by atoms with Crippen LogP contribution in [0, 0.1) is 10.8 Å². The van der Waals surface area contributed by atoms with E-state index in [1.165, 1.54) is 22.8 Å². The molecule has 136 valence electrons. The van der Waals surface area contributed by atoms with Crippen molar-refractivity contribution in [3.8, 4) is 0 Å². The fourth-order valence-electron chi connectivity index (χ4n) is 4.25. The van der Waals surface area contributed by atoms with Crippen LogP contribution in [-0.4, -0.2) is 0 Å². The highest BCUT2D eigenvalue weighted by molar-refractivity contribution is 5.95. The Kier molecular flexibility index (Phi) is 5.09. The summed E-state index contributed by atoms with van der Waals surface area (Å²) in [5, 5.41) is 6.09. The van der Waals surface area contributed by atoms with E-state index in [9.17, 15) is 0 Å². The zero-order valence-corrected chi connectivity index (χ0v) is 16.8. The molecule has 0 heterocycles. The summed E-state index contributed by atoms with van der Waals surface area (Å²) in [5.41, 5.74) is 4.37. The molecule has 26 heavy (non-hydrogen) atoms. The lowest BCUT2D eigenvalue weighted by Crippen LogP contribution is -2.22. The number of nitrogens with one attached hydrogen (secondary N) is 1. The summed E-state index contributed by atoms with van der Waals surface area (Å²) in [4.78, 5) is 0. The first-order chi connectivity index (χ1) is 12.2. The molecule has 0 aliphatic heterocycles. The SMILES string of the molecule is CC(C)(C)CC(C)(C)Cc1ccc(Nc2cccc3ccccc23)cc1. The summed E-state index contributed by atoms with van der Waals surface area (Å²) in [5.74, 6) is 0. The Hall–Kier alpha value is -2.28. The van der Waals surface area contributed by atoms with E-state index in [0.717, 1.165) is 17.8 Å². The Morgan fingerprint density at radius 2 is 1.38 bits per heavy atom. The van der Waals surface area contributed by atoms with Crippen molar-refractivity contribution in [2.75, 3.05) is 5.32 Å². The standard InChI is InChI=1S/C25H31N/c1-24(2,3)18-25(4,5)17-19-13-15-21(16-14-19)26-23-12-8-10-20-9-6-7-11-22(20)23/h6-16,26H,17-18H2,1-5H3. The molecule has 0 atom stereocenters. The minimum atomic E-state index is 0.308. The number of hydrogen-bond donors (Lipinski definition) is 1.